The second kappa shape index (κ2) is 3.92. The van der Waals surface area contributed by atoms with Crippen LogP contribution in [-0.2, 0) is 11.1 Å². The predicted molar refractivity (Wildman–Crippen MR) is 50.7 cm³/mol. The summed E-state index contributed by atoms with van der Waals surface area (Å²) in [4.78, 5) is 8.94. The Balaban J connectivity index is 2.84. The van der Waals surface area contributed by atoms with Gasteiger partial charge in [-0.3, -0.25) is 0 Å². The fraction of sp³-hybridized carbons (Fsp3) is 0.250. The van der Waals surface area contributed by atoms with Crippen LogP contribution >= 0.6 is 7.60 Å². The van der Waals surface area contributed by atoms with E-state index in [9.17, 15) is 4.57 Å². The lowest BCUT2D eigenvalue weighted by Gasteiger charge is -2.08. The molecule has 0 heterocycles. The fourth-order valence-electron chi connectivity index (χ4n) is 0.925. The molecule has 0 aliphatic carbocycles. The van der Waals surface area contributed by atoms with Crippen LogP contribution in [0.5, 0.6) is 5.75 Å². The summed E-state index contributed by atoms with van der Waals surface area (Å²) < 4.78 is 15.7. The van der Waals surface area contributed by atoms with Gasteiger partial charge in [-0.1, -0.05) is 12.1 Å². The van der Waals surface area contributed by atoms with E-state index < -0.39 is 7.60 Å². The Morgan fingerprint density at radius 2 is 2.31 bits per heavy atom. The predicted octanol–water partition coefficient (Wildman–Crippen LogP) is 1.34. The van der Waals surface area contributed by atoms with Crippen LogP contribution in [0.4, 0.5) is 0 Å². The molecule has 1 atom stereocenters. The average Bonchev–Trinajstić information content (AvgIpc) is 2.01. The van der Waals surface area contributed by atoms with Crippen molar-refractivity contribution in [2.75, 3.05) is 6.66 Å². The molecule has 0 saturated heterocycles. The van der Waals surface area contributed by atoms with Gasteiger partial charge in [0.15, 0.2) is 0 Å². The lowest BCUT2D eigenvalue weighted by Crippen LogP contribution is -1.96. The zero-order valence-corrected chi connectivity index (χ0v) is 8.20. The van der Waals surface area contributed by atoms with E-state index in [0.29, 0.717) is 12.3 Å². The van der Waals surface area contributed by atoms with E-state index in [1.54, 1.807) is 18.2 Å². The first-order chi connectivity index (χ1) is 6.01. The first-order valence-electron chi connectivity index (χ1n) is 3.80. The first kappa shape index (κ1) is 10.3. The monoisotopic (exact) mass is 201 g/mol. The van der Waals surface area contributed by atoms with Crippen LogP contribution < -0.4 is 10.3 Å². The maximum Gasteiger partial charge on any atom is 0.373 e. The van der Waals surface area contributed by atoms with E-state index >= 15 is 0 Å². The SMILES string of the molecule is CP(=O)(O)Oc1cccc(CN)c1. The van der Waals surface area contributed by atoms with Crippen LogP contribution in [0.3, 0.4) is 0 Å². The molecule has 0 aromatic heterocycles. The Hall–Kier alpha value is -0.830. The third-order valence-electron chi connectivity index (χ3n) is 1.41. The largest absolute Gasteiger partial charge is 0.425 e. The highest BCUT2D eigenvalue weighted by molar-refractivity contribution is 7.52. The van der Waals surface area contributed by atoms with Gasteiger partial charge >= 0.3 is 7.60 Å². The van der Waals surface area contributed by atoms with Crippen molar-refractivity contribution in [3.8, 4) is 5.75 Å². The van der Waals surface area contributed by atoms with Crippen molar-refractivity contribution in [3.63, 3.8) is 0 Å². The third kappa shape index (κ3) is 3.59. The number of benzene rings is 1. The minimum atomic E-state index is -3.46. The van der Waals surface area contributed by atoms with Crippen LogP contribution in [0.25, 0.3) is 0 Å². The van der Waals surface area contributed by atoms with Gasteiger partial charge in [0.05, 0.1) is 0 Å². The van der Waals surface area contributed by atoms with Crippen LogP contribution in [0.15, 0.2) is 24.3 Å². The molecule has 4 nitrogen and oxygen atoms in total. The molecule has 0 amide bonds. The molecule has 1 aromatic rings. The molecular weight excluding hydrogens is 189 g/mol. The van der Waals surface area contributed by atoms with E-state index in [1.165, 1.54) is 0 Å². The summed E-state index contributed by atoms with van der Waals surface area (Å²) in [5.41, 5.74) is 6.26. The van der Waals surface area contributed by atoms with Gasteiger partial charge < -0.3 is 15.2 Å². The normalized spacial score (nSPS) is 15.0. The second-order valence-corrected chi connectivity index (χ2v) is 4.53. The Bertz CT molecular complexity index is 334. The molecule has 3 N–H and O–H groups in total. The maximum absolute atomic E-state index is 10.9. The van der Waals surface area contributed by atoms with E-state index in [1.807, 2.05) is 6.07 Å². The number of rotatable bonds is 3. The van der Waals surface area contributed by atoms with Gasteiger partial charge in [-0.05, 0) is 17.7 Å². The highest BCUT2D eigenvalue weighted by atomic mass is 31.2. The molecule has 0 radical (unpaired) electrons. The van der Waals surface area contributed by atoms with Gasteiger partial charge in [0, 0.05) is 13.2 Å². The van der Waals surface area contributed by atoms with Gasteiger partial charge in [-0.2, -0.15) is 0 Å². The van der Waals surface area contributed by atoms with E-state index in [0.717, 1.165) is 12.2 Å². The molecule has 5 heteroatoms. The molecule has 0 bridgehead atoms. The molecule has 0 spiro atoms. The summed E-state index contributed by atoms with van der Waals surface area (Å²) in [6, 6.07) is 6.82. The van der Waals surface area contributed by atoms with Crippen molar-refractivity contribution in [1.82, 2.24) is 0 Å². The Morgan fingerprint density at radius 1 is 1.62 bits per heavy atom. The Morgan fingerprint density at radius 3 is 2.85 bits per heavy atom. The first-order valence-corrected chi connectivity index (χ1v) is 5.82. The van der Waals surface area contributed by atoms with Gasteiger partial charge in [-0.25, -0.2) is 4.57 Å². The van der Waals surface area contributed by atoms with Crippen LogP contribution in [0.2, 0.25) is 0 Å². The minimum absolute atomic E-state index is 0.372. The standard InChI is InChI=1S/C8H12NO3P/c1-13(10,11)12-8-4-2-3-7(5-8)6-9/h2-5H,6,9H2,1H3,(H,10,11). The number of hydrogen-bond donors (Lipinski definition) is 2. The summed E-state index contributed by atoms with van der Waals surface area (Å²) in [6.45, 7) is 1.53. The van der Waals surface area contributed by atoms with Crippen molar-refractivity contribution in [2.45, 2.75) is 6.54 Å². The topological polar surface area (TPSA) is 72.5 Å². The maximum atomic E-state index is 10.9. The van der Waals surface area contributed by atoms with Crippen LogP contribution in [-0.4, -0.2) is 11.6 Å². The van der Waals surface area contributed by atoms with Gasteiger partial charge in [0.25, 0.3) is 0 Å². The van der Waals surface area contributed by atoms with Crippen LogP contribution in [0.1, 0.15) is 5.56 Å². The smallest absolute Gasteiger partial charge is 0.373 e. The van der Waals surface area contributed by atoms with Gasteiger partial charge in [-0.15, -0.1) is 0 Å². The van der Waals surface area contributed by atoms with Crippen molar-refractivity contribution < 1.29 is 14.0 Å². The van der Waals surface area contributed by atoms with Gasteiger partial charge in [0.1, 0.15) is 5.75 Å². The third-order valence-corrected chi connectivity index (χ3v) is 1.96. The number of nitrogens with two attached hydrogens (primary N) is 1. The van der Waals surface area contributed by atoms with E-state index in [4.69, 9.17) is 15.2 Å². The summed E-state index contributed by atoms with van der Waals surface area (Å²) in [5, 5.41) is 0. The Labute approximate surface area is 76.9 Å². The van der Waals surface area contributed by atoms with Crippen molar-refractivity contribution in [1.29, 1.82) is 0 Å². The van der Waals surface area contributed by atoms with Gasteiger partial charge in [0.2, 0.25) is 0 Å². The highest BCUT2D eigenvalue weighted by Gasteiger charge is 2.11. The minimum Gasteiger partial charge on any atom is -0.425 e. The molecule has 1 aromatic carbocycles. The second-order valence-electron chi connectivity index (χ2n) is 2.75. The zero-order valence-electron chi connectivity index (χ0n) is 7.30. The lowest BCUT2D eigenvalue weighted by atomic mass is 10.2. The molecule has 1 rings (SSSR count). The number of hydrogen-bond acceptors (Lipinski definition) is 3. The molecule has 13 heavy (non-hydrogen) atoms. The summed E-state index contributed by atoms with van der Waals surface area (Å²) >= 11 is 0. The Kier molecular flexibility index (Phi) is 3.09. The lowest BCUT2D eigenvalue weighted by molar-refractivity contribution is 0.387. The molecule has 0 aliphatic heterocycles. The average molecular weight is 201 g/mol. The van der Waals surface area contributed by atoms with Crippen LogP contribution in [0, 0.1) is 0 Å². The zero-order chi connectivity index (χ0) is 9.90. The molecular formula is C8H12NO3P. The summed E-state index contributed by atoms with van der Waals surface area (Å²) in [5.74, 6) is 0.372. The highest BCUT2D eigenvalue weighted by Crippen LogP contribution is 2.38. The molecule has 1 unspecified atom stereocenters. The summed E-state index contributed by atoms with van der Waals surface area (Å²) in [6.07, 6.45) is 0. The molecule has 0 aliphatic rings. The van der Waals surface area contributed by atoms with E-state index in [-0.39, 0.29) is 0 Å². The van der Waals surface area contributed by atoms with Crippen molar-refractivity contribution in [3.05, 3.63) is 29.8 Å². The summed E-state index contributed by atoms with van der Waals surface area (Å²) in [7, 11) is -3.46. The molecule has 72 valence electrons. The fourth-order valence-corrected chi connectivity index (χ4v) is 1.43. The van der Waals surface area contributed by atoms with E-state index in [2.05, 4.69) is 0 Å². The quantitative estimate of drug-likeness (QED) is 0.724. The molecule has 0 saturated carbocycles. The molecule has 0 fully saturated rings. The van der Waals surface area contributed by atoms with Crippen molar-refractivity contribution >= 4 is 7.60 Å². The van der Waals surface area contributed by atoms with Crippen molar-refractivity contribution in [2.24, 2.45) is 5.73 Å².